The maximum Gasteiger partial charge on any atom is 0.291 e. The lowest BCUT2D eigenvalue weighted by molar-refractivity contribution is 0.0676. The zero-order valence-electron chi connectivity index (χ0n) is 17.6. The van der Waals surface area contributed by atoms with E-state index in [2.05, 4.69) is 17.2 Å². The lowest BCUT2D eigenvalue weighted by Crippen LogP contribution is -2.39. The smallest absolute Gasteiger partial charge is 0.291 e. The minimum atomic E-state index is -0.243. The maximum atomic E-state index is 13.2. The number of rotatable bonds is 3. The van der Waals surface area contributed by atoms with Crippen LogP contribution in [0.4, 0.5) is 5.69 Å². The molecule has 2 aliphatic heterocycles. The topological polar surface area (TPSA) is 67.2 Å². The molecular weight excluding hydrogens is 364 g/mol. The van der Waals surface area contributed by atoms with E-state index >= 15 is 0 Å². The van der Waals surface area contributed by atoms with Crippen molar-refractivity contribution in [2.75, 3.05) is 18.4 Å². The molecule has 2 aromatic rings. The van der Waals surface area contributed by atoms with Crippen LogP contribution < -0.4 is 5.32 Å². The number of imidazole rings is 1. The van der Waals surface area contributed by atoms with Crippen molar-refractivity contribution < 1.29 is 9.59 Å². The Morgan fingerprint density at radius 1 is 1.14 bits per heavy atom. The first-order valence-electron chi connectivity index (χ1n) is 10.7. The molecule has 0 bridgehead atoms. The van der Waals surface area contributed by atoms with Gasteiger partial charge in [-0.3, -0.25) is 9.59 Å². The van der Waals surface area contributed by atoms with E-state index in [-0.39, 0.29) is 11.8 Å². The van der Waals surface area contributed by atoms with E-state index in [4.69, 9.17) is 0 Å². The fourth-order valence-electron chi connectivity index (χ4n) is 4.48. The molecule has 0 radical (unpaired) electrons. The number of aromatic nitrogens is 2. The van der Waals surface area contributed by atoms with Crippen molar-refractivity contribution in [3.05, 3.63) is 46.5 Å². The normalized spacial score (nSPS) is 19.0. The third-order valence-corrected chi connectivity index (χ3v) is 6.32. The van der Waals surface area contributed by atoms with Crippen LogP contribution in [-0.4, -0.2) is 39.4 Å². The molecule has 4 rings (SSSR count). The van der Waals surface area contributed by atoms with Gasteiger partial charge in [-0.2, -0.15) is 0 Å². The highest BCUT2D eigenvalue weighted by Crippen LogP contribution is 2.26. The van der Waals surface area contributed by atoms with Crippen molar-refractivity contribution >= 4 is 17.5 Å². The fourth-order valence-corrected chi connectivity index (χ4v) is 4.48. The molecule has 29 heavy (non-hydrogen) atoms. The van der Waals surface area contributed by atoms with Crippen molar-refractivity contribution in [2.45, 2.75) is 59.4 Å². The Kier molecular flexibility index (Phi) is 5.43. The van der Waals surface area contributed by atoms with Gasteiger partial charge in [0.15, 0.2) is 5.82 Å². The molecule has 0 spiro atoms. The summed E-state index contributed by atoms with van der Waals surface area (Å²) in [5.74, 6) is 0.605. The second kappa shape index (κ2) is 8.01. The minimum absolute atomic E-state index is 0.0204. The van der Waals surface area contributed by atoms with Crippen molar-refractivity contribution in [1.29, 1.82) is 0 Å². The van der Waals surface area contributed by atoms with Crippen LogP contribution in [-0.2, 0) is 13.0 Å². The number of hydrogen-bond acceptors (Lipinski definition) is 3. The summed E-state index contributed by atoms with van der Waals surface area (Å²) >= 11 is 0. The van der Waals surface area contributed by atoms with Gasteiger partial charge in [-0.15, -0.1) is 0 Å². The molecule has 1 unspecified atom stereocenters. The summed E-state index contributed by atoms with van der Waals surface area (Å²) in [6.07, 6.45) is 5.02. The summed E-state index contributed by atoms with van der Waals surface area (Å²) in [7, 11) is 0. The highest BCUT2D eigenvalue weighted by molar-refractivity contribution is 6.04. The first-order valence-corrected chi connectivity index (χ1v) is 10.7. The Bertz CT molecular complexity index is 947. The molecule has 1 atom stereocenters. The average Bonchev–Trinajstić information content (AvgIpc) is 3.11. The van der Waals surface area contributed by atoms with Gasteiger partial charge in [0.1, 0.15) is 5.69 Å². The number of aryl methyl sites for hydroxylation is 1. The largest absolute Gasteiger partial charge is 0.337 e. The third kappa shape index (κ3) is 3.80. The number of benzene rings is 1. The molecule has 6 heteroatoms. The number of carbonyl (C=O) groups excluding carboxylic acids is 2. The summed E-state index contributed by atoms with van der Waals surface area (Å²) in [4.78, 5) is 32.8. The van der Waals surface area contributed by atoms with E-state index in [1.54, 1.807) is 0 Å². The van der Waals surface area contributed by atoms with Gasteiger partial charge in [0.05, 0.1) is 5.69 Å². The van der Waals surface area contributed by atoms with E-state index in [9.17, 15) is 9.59 Å². The quantitative estimate of drug-likeness (QED) is 0.857. The van der Waals surface area contributed by atoms with Crippen LogP contribution in [0.25, 0.3) is 0 Å². The van der Waals surface area contributed by atoms with Crippen molar-refractivity contribution in [3.63, 3.8) is 0 Å². The number of nitrogens with zero attached hydrogens (tertiary/aromatic N) is 3. The molecule has 0 saturated carbocycles. The monoisotopic (exact) mass is 394 g/mol. The van der Waals surface area contributed by atoms with E-state index in [1.165, 1.54) is 0 Å². The van der Waals surface area contributed by atoms with Crippen LogP contribution in [0.2, 0.25) is 0 Å². The maximum absolute atomic E-state index is 13.2. The Morgan fingerprint density at radius 2 is 1.97 bits per heavy atom. The number of likely N-dealkylation sites (tertiary alicyclic amines) is 1. The molecule has 1 saturated heterocycles. The predicted molar refractivity (Wildman–Crippen MR) is 113 cm³/mol. The number of hydrogen-bond donors (Lipinski definition) is 1. The average molecular weight is 395 g/mol. The summed E-state index contributed by atoms with van der Waals surface area (Å²) in [5, 5.41) is 3.01. The second-order valence-corrected chi connectivity index (χ2v) is 8.54. The molecule has 1 aromatic carbocycles. The van der Waals surface area contributed by atoms with E-state index in [0.29, 0.717) is 17.4 Å². The second-order valence-electron chi connectivity index (χ2n) is 8.54. The van der Waals surface area contributed by atoms with Gasteiger partial charge in [0, 0.05) is 25.3 Å². The number of anilines is 1. The first kappa shape index (κ1) is 19.7. The molecule has 0 aliphatic carbocycles. The van der Waals surface area contributed by atoms with Gasteiger partial charge in [-0.05, 0) is 69.1 Å². The third-order valence-electron chi connectivity index (χ3n) is 6.32. The zero-order chi connectivity index (χ0) is 20.5. The number of fused-ring (bicyclic) bond motifs is 1. The Labute approximate surface area is 172 Å². The van der Waals surface area contributed by atoms with E-state index in [0.717, 1.165) is 74.2 Å². The first-order chi connectivity index (χ1) is 14.0. The number of piperidine rings is 1. The van der Waals surface area contributed by atoms with Crippen LogP contribution in [0.1, 0.15) is 70.5 Å². The summed E-state index contributed by atoms with van der Waals surface area (Å²) < 4.78 is 1.96. The molecule has 1 N–H and O–H groups in total. The Balaban J connectivity index is 1.65. The summed E-state index contributed by atoms with van der Waals surface area (Å²) in [5.41, 5.74) is 4.37. The Hall–Kier alpha value is -2.63. The summed E-state index contributed by atoms with van der Waals surface area (Å²) in [6.45, 7) is 8.50. The molecule has 154 valence electrons. The van der Waals surface area contributed by atoms with Gasteiger partial charge in [0.2, 0.25) is 0 Å². The molecule has 2 aliphatic rings. The lowest BCUT2D eigenvalue weighted by Gasteiger charge is -2.30. The lowest BCUT2D eigenvalue weighted by atomic mass is 9.99. The fraction of sp³-hybridized carbons (Fsp3) is 0.522. The van der Waals surface area contributed by atoms with E-state index in [1.807, 2.05) is 41.5 Å². The van der Waals surface area contributed by atoms with Crippen LogP contribution >= 0.6 is 0 Å². The molecular formula is C23H30N4O2. The van der Waals surface area contributed by atoms with Crippen molar-refractivity contribution in [1.82, 2.24) is 14.5 Å². The van der Waals surface area contributed by atoms with Gasteiger partial charge >= 0.3 is 0 Å². The number of carbonyl (C=O) groups is 2. The van der Waals surface area contributed by atoms with Crippen molar-refractivity contribution in [3.8, 4) is 0 Å². The SMILES string of the molecule is Cc1cccc(NC(=O)c2nc(C(=O)N3CCCC(C)C3)c3n2CCCC3)c1C. The molecule has 6 nitrogen and oxygen atoms in total. The van der Waals surface area contributed by atoms with Gasteiger partial charge in [-0.25, -0.2) is 4.98 Å². The van der Waals surface area contributed by atoms with Gasteiger partial charge in [0.25, 0.3) is 11.8 Å². The highest BCUT2D eigenvalue weighted by atomic mass is 16.2. The highest BCUT2D eigenvalue weighted by Gasteiger charge is 2.31. The van der Waals surface area contributed by atoms with Crippen LogP contribution in [0.5, 0.6) is 0 Å². The zero-order valence-corrected chi connectivity index (χ0v) is 17.6. The van der Waals surface area contributed by atoms with Gasteiger partial charge in [-0.1, -0.05) is 19.1 Å². The van der Waals surface area contributed by atoms with Crippen LogP contribution in [0.15, 0.2) is 18.2 Å². The Morgan fingerprint density at radius 3 is 2.76 bits per heavy atom. The summed E-state index contributed by atoms with van der Waals surface area (Å²) in [6, 6.07) is 5.87. The van der Waals surface area contributed by atoms with Gasteiger partial charge < -0.3 is 14.8 Å². The predicted octanol–water partition coefficient (Wildman–Crippen LogP) is 3.96. The molecule has 2 amide bonds. The number of amides is 2. The number of nitrogens with one attached hydrogen (secondary N) is 1. The molecule has 3 heterocycles. The van der Waals surface area contributed by atoms with E-state index < -0.39 is 0 Å². The van der Waals surface area contributed by atoms with Crippen LogP contribution in [0, 0.1) is 19.8 Å². The van der Waals surface area contributed by atoms with Crippen LogP contribution in [0.3, 0.4) is 0 Å². The molecule has 1 fully saturated rings. The minimum Gasteiger partial charge on any atom is -0.337 e. The molecule has 1 aromatic heterocycles. The van der Waals surface area contributed by atoms with Crippen molar-refractivity contribution in [2.24, 2.45) is 5.92 Å². The standard InChI is InChI=1S/C23H30N4O2/c1-15-8-7-12-26(14-15)23(29)20-19-11-4-5-13-27(19)21(25-20)22(28)24-18-10-6-9-16(2)17(18)3/h6,9-10,15H,4-5,7-8,11-14H2,1-3H3,(H,24,28).